The molecule has 0 atom stereocenters. The van der Waals surface area contributed by atoms with Crippen LogP contribution in [0.15, 0.2) is 12.2 Å². The topological polar surface area (TPSA) is 0 Å². The lowest BCUT2D eigenvalue weighted by atomic mass is 10.0. The van der Waals surface area contributed by atoms with Gasteiger partial charge in [-0.15, -0.1) is 0 Å². The maximum absolute atomic E-state index is 3.91. The first-order valence-electron chi connectivity index (χ1n) is 13.6. The number of unbranched alkanes of at least 4 members (excludes halogenated alkanes) is 24. The molecule has 0 aliphatic carbocycles. The highest BCUT2D eigenvalue weighted by Crippen LogP contribution is 2.15. The van der Waals surface area contributed by atoms with E-state index >= 15 is 0 Å². The molecule has 0 bridgehead atoms. The average Bonchev–Trinajstić information content (AvgIpc) is 2.74. The van der Waals surface area contributed by atoms with Gasteiger partial charge >= 0.3 is 0 Å². The minimum atomic E-state index is 1.12. The quantitative estimate of drug-likeness (QED) is 0.133. The van der Waals surface area contributed by atoms with Crippen LogP contribution in [0.2, 0.25) is 0 Å². The lowest BCUT2D eigenvalue weighted by molar-refractivity contribution is 0.517. The Hall–Kier alpha value is -0.260. The molecule has 0 aliphatic rings. The summed E-state index contributed by atoms with van der Waals surface area (Å²) in [6, 6.07) is 0. The van der Waals surface area contributed by atoms with Crippen LogP contribution in [0.4, 0.5) is 0 Å². The van der Waals surface area contributed by atoms with E-state index in [2.05, 4.69) is 19.9 Å². The van der Waals surface area contributed by atoms with Crippen LogP contribution in [0.3, 0.4) is 0 Å². The Bertz CT molecular complexity index is 290. The van der Waals surface area contributed by atoms with Gasteiger partial charge in [0.2, 0.25) is 0 Å². The van der Waals surface area contributed by atoms with Crippen LogP contribution in [0, 0.1) is 13.8 Å². The van der Waals surface area contributed by atoms with Crippen molar-refractivity contribution >= 4 is 0 Å². The van der Waals surface area contributed by atoms with Crippen molar-refractivity contribution in [2.75, 3.05) is 0 Å². The van der Waals surface area contributed by atoms with E-state index in [0.717, 1.165) is 6.42 Å². The Balaban J connectivity index is 2.98. The van der Waals surface area contributed by atoms with Gasteiger partial charge in [0.05, 0.1) is 0 Å². The van der Waals surface area contributed by atoms with Crippen molar-refractivity contribution in [2.45, 2.75) is 161 Å². The Kier molecular flexibility index (Phi) is 27.5. The SMILES string of the molecule is [CH2]/C=C/CCCCCCCCCCCCCCCCCCCCCCCCC[CH2]. The van der Waals surface area contributed by atoms with Crippen LogP contribution >= 0.6 is 0 Å². The van der Waals surface area contributed by atoms with E-state index in [-0.39, 0.29) is 0 Å². The minimum absolute atomic E-state index is 1.12. The molecule has 0 unspecified atom stereocenters. The van der Waals surface area contributed by atoms with Crippen molar-refractivity contribution in [1.29, 1.82) is 0 Å². The van der Waals surface area contributed by atoms with E-state index < -0.39 is 0 Å². The first-order chi connectivity index (χ1) is 14.4. The first-order valence-corrected chi connectivity index (χ1v) is 13.6. The van der Waals surface area contributed by atoms with Crippen molar-refractivity contribution < 1.29 is 0 Å². The second-order valence-electron chi connectivity index (χ2n) is 9.25. The summed E-state index contributed by atoms with van der Waals surface area (Å²) >= 11 is 0. The zero-order chi connectivity index (χ0) is 21.1. The van der Waals surface area contributed by atoms with Crippen LogP contribution in [-0.2, 0) is 0 Å². The molecule has 0 aromatic rings. The molecule has 2 radical (unpaired) electrons. The highest BCUT2D eigenvalue weighted by atomic mass is 14.0. The lowest BCUT2D eigenvalue weighted by Crippen LogP contribution is -1.84. The van der Waals surface area contributed by atoms with Crippen LogP contribution in [0.1, 0.15) is 161 Å². The highest BCUT2D eigenvalue weighted by molar-refractivity contribution is 4.83. The van der Waals surface area contributed by atoms with Gasteiger partial charge in [0.25, 0.3) is 0 Å². The van der Waals surface area contributed by atoms with Crippen LogP contribution in [-0.4, -0.2) is 0 Å². The molecule has 0 heterocycles. The molecule has 0 heteroatoms. The molecule has 0 spiro atoms. The van der Waals surface area contributed by atoms with Gasteiger partial charge < -0.3 is 0 Å². The molecule has 0 fully saturated rings. The number of hydrogen-bond donors (Lipinski definition) is 0. The molecule has 0 aromatic heterocycles. The maximum atomic E-state index is 3.91. The van der Waals surface area contributed by atoms with Crippen molar-refractivity contribution in [3.63, 3.8) is 0 Å². The monoisotopic (exact) mass is 404 g/mol. The zero-order valence-electron chi connectivity index (χ0n) is 20.2. The Morgan fingerprint density at radius 2 is 0.586 bits per heavy atom. The smallest absolute Gasteiger partial charge is 0.0316 e. The molecule has 29 heavy (non-hydrogen) atoms. The van der Waals surface area contributed by atoms with E-state index in [0.29, 0.717) is 0 Å². The normalized spacial score (nSPS) is 11.7. The second-order valence-corrected chi connectivity index (χ2v) is 9.25. The molecule has 172 valence electrons. The number of allylic oxidation sites excluding steroid dienone is 2. The summed E-state index contributed by atoms with van der Waals surface area (Å²) in [7, 11) is 0. The first kappa shape index (κ1) is 28.7. The van der Waals surface area contributed by atoms with Gasteiger partial charge in [0.1, 0.15) is 0 Å². The fourth-order valence-corrected chi connectivity index (χ4v) is 4.27. The van der Waals surface area contributed by atoms with Crippen LogP contribution in [0.5, 0.6) is 0 Å². The molecule has 0 amide bonds. The van der Waals surface area contributed by atoms with Crippen molar-refractivity contribution in [1.82, 2.24) is 0 Å². The summed E-state index contributed by atoms with van der Waals surface area (Å²) in [6.07, 6.45) is 39.9. The van der Waals surface area contributed by atoms with Crippen LogP contribution in [0.25, 0.3) is 0 Å². The molecule has 0 rings (SSSR count). The standard InChI is InChI=1S/C29H56/c1-3-5-7-9-11-13-15-17-19-21-23-25-27-29-28-26-24-22-20-18-16-14-12-10-8-6-4-2/h3,5H,1-2,4,6-29H2/b5-3+. The van der Waals surface area contributed by atoms with Crippen molar-refractivity contribution in [3.05, 3.63) is 26.0 Å². The van der Waals surface area contributed by atoms with E-state index in [1.54, 1.807) is 0 Å². The predicted molar refractivity (Wildman–Crippen MR) is 135 cm³/mol. The molecule has 0 saturated carbocycles. The zero-order valence-corrected chi connectivity index (χ0v) is 20.2. The predicted octanol–water partition coefficient (Wildman–Crippen LogP) is 11.0. The highest BCUT2D eigenvalue weighted by Gasteiger charge is 1.96. The van der Waals surface area contributed by atoms with Gasteiger partial charge in [-0.2, -0.15) is 0 Å². The molecule has 0 N–H and O–H groups in total. The molecule has 0 saturated heterocycles. The second kappa shape index (κ2) is 27.7. The fourth-order valence-electron chi connectivity index (χ4n) is 4.27. The summed E-state index contributed by atoms with van der Waals surface area (Å²) in [5, 5.41) is 0. The molecular weight excluding hydrogens is 348 g/mol. The summed E-state index contributed by atoms with van der Waals surface area (Å²) in [5.41, 5.74) is 0. The summed E-state index contributed by atoms with van der Waals surface area (Å²) in [6.45, 7) is 7.65. The molecule has 0 aliphatic heterocycles. The van der Waals surface area contributed by atoms with E-state index in [1.165, 1.54) is 154 Å². The fraction of sp³-hybridized carbons (Fsp3) is 0.862. The summed E-state index contributed by atoms with van der Waals surface area (Å²) < 4.78 is 0. The van der Waals surface area contributed by atoms with Gasteiger partial charge in [-0.05, 0) is 19.8 Å². The Morgan fingerprint density at radius 3 is 0.828 bits per heavy atom. The number of hydrogen-bond acceptors (Lipinski definition) is 0. The van der Waals surface area contributed by atoms with Gasteiger partial charge in [-0.25, -0.2) is 0 Å². The number of rotatable bonds is 25. The van der Waals surface area contributed by atoms with Gasteiger partial charge in [-0.3, -0.25) is 0 Å². The van der Waals surface area contributed by atoms with E-state index in [9.17, 15) is 0 Å². The largest absolute Gasteiger partial charge is 0.0885 e. The third kappa shape index (κ3) is 27.7. The van der Waals surface area contributed by atoms with Crippen LogP contribution < -0.4 is 0 Å². The summed E-state index contributed by atoms with van der Waals surface area (Å²) in [4.78, 5) is 0. The van der Waals surface area contributed by atoms with Gasteiger partial charge in [-0.1, -0.05) is 167 Å². The average molecular weight is 405 g/mol. The van der Waals surface area contributed by atoms with E-state index in [1.807, 2.05) is 6.08 Å². The molecule has 0 nitrogen and oxygen atoms in total. The lowest BCUT2D eigenvalue weighted by Gasteiger charge is -2.04. The van der Waals surface area contributed by atoms with Gasteiger partial charge in [0.15, 0.2) is 0 Å². The van der Waals surface area contributed by atoms with Gasteiger partial charge in [0, 0.05) is 0 Å². The van der Waals surface area contributed by atoms with Crippen molar-refractivity contribution in [3.8, 4) is 0 Å². The summed E-state index contributed by atoms with van der Waals surface area (Å²) in [5.74, 6) is 0. The molecular formula is C29H56. The Labute approximate surface area is 186 Å². The molecule has 0 aromatic carbocycles. The van der Waals surface area contributed by atoms with E-state index in [4.69, 9.17) is 0 Å². The maximum Gasteiger partial charge on any atom is -0.0316 e. The third-order valence-electron chi connectivity index (χ3n) is 6.29. The Morgan fingerprint density at radius 1 is 0.345 bits per heavy atom. The van der Waals surface area contributed by atoms with Crippen molar-refractivity contribution in [2.24, 2.45) is 0 Å². The third-order valence-corrected chi connectivity index (χ3v) is 6.29. The minimum Gasteiger partial charge on any atom is -0.0885 e.